The molecule has 12 heteroatoms. The summed E-state index contributed by atoms with van der Waals surface area (Å²) in [5, 5.41) is 0. The number of fused-ring (bicyclic) bond motifs is 4. The molecule has 4 saturated carbocycles. The first-order chi connectivity index (χ1) is 23.0. The second-order valence-electron chi connectivity index (χ2n) is 18.8. The molecule has 9 rings (SSSR count). The van der Waals surface area contributed by atoms with Crippen LogP contribution >= 0.6 is 0 Å². The molecule has 0 aromatic carbocycles. The molecule has 5 heterocycles. The second-order valence-corrected chi connectivity index (χ2v) is 33.3. The summed E-state index contributed by atoms with van der Waals surface area (Å²) < 4.78 is 54.6. The zero-order chi connectivity index (χ0) is 32.7. The maximum atomic E-state index is 8.15. The van der Waals surface area contributed by atoms with Gasteiger partial charge in [0.05, 0.1) is 48.8 Å². The fraction of sp³-hybridized carbons (Fsp3) is 1.00. The molecule has 0 aromatic rings. The Morgan fingerprint density at radius 1 is 0.354 bits per heavy atom. The highest BCUT2D eigenvalue weighted by molar-refractivity contribution is 6.94. The molecule has 0 spiro atoms. The molecule has 48 heavy (non-hydrogen) atoms. The van der Waals surface area contributed by atoms with Crippen LogP contribution in [0.2, 0.25) is 50.4 Å². The van der Waals surface area contributed by atoms with Crippen molar-refractivity contribution < 1.29 is 35.4 Å². The van der Waals surface area contributed by atoms with Gasteiger partial charge in [0.1, 0.15) is 0 Å². The van der Waals surface area contributed by atoms with E-state index in [1.807, 2.05) is 0 Å². The highest BCUT2D eigenvalue weighted by Crippen LogP contribution is 2.49. The zero-order valence-corrected chi connectivity index (χ0v) is 34.3. The highest BCUT2D eigenvalue weighted by atomic mass is 28.5. The lowest BCUT2D eigenvalue weighted by Crippen LogP contribution is -2.67. The lowest BCUT2D eigenvalue weighted by atomic mass is 9.87. The molecule has 0 amide bonds. The van der Waals surface area contributed by atoms with Crippen LogP contribution in [-0.2, 0) is 35.4 Å². The van der Waals surface area contributed by atoms with Gasteiger partial charge < -0.3 is 35.4 Å². The minimum atomic E-state index is -2.70. The monoisotopic (exact) mass is 736 g/mol. The van der Waals surface area contributed by atoms with Crippen LogP contribution in [0.4, 0.5) is 0 Å². The van der Waals surface area contributed by atoms with Gasteiger partial charge in [0.25, 0.3) is 0 Å². The summed E-state index contributed by atoms with van der Waals surface area (Å²) in [6.07, 6.45) is 24.1. The molecular formula is C36H64O8Si4. The third-order valence-corrected chi connectivity index (χ3v) is 31.9. The van der Waals surface area contributed by atoms with Crippen LogP contribution in [0.25, 0.3) is 0 Å². The standard InChI is InChI=1S/C36H64O8Si4/c1-45(2)41-46(3,4)43-48(19-15-27-7-11-31-35(23-27)39-31,20-16-28-8-12-32-36(24-28)40-32)44-47(42-45,17-13-25-5-9-29-33(21-25)37-29)18-14-26-6-10-30-34(22-26)38-30/h25-36H,5-24H2,1-4H3. The van der Waals surface area contributed by atoms with E-state index < -0.39 is 34.2 Å². The van der Waals surface area contributed by atoms with E-state index in [9.17, 15) is 0 Å². The van der Waals surface area contributed by atoms with Gasteiger partial charge in [-0.05, 0) is 177 Å². The smallest absolute Gasteiger partial charge is 0.320 e. The zero-order valence-electron chi connectivity index (χ0n) is 30.3. The van der Waals surface area contributed by atoms with Crippen molar-refractivity contribution in [3.63, 3.8) is 0 Å². The van der Waals surface area contributed by atoms with Crippen molar-refractivity contribution in [2.45, 2.75) is 202 Å². The topological polar surface area (TPSA) is 87.0 Å². The third kappa shape index (κ3) is 8.20. The van der Waals surface area contributed by atoms with Gasteiger partial charge in [-0.3, -0.25) is 0 Å². The lowest BCUT2D eigenvalue weighted by Gasteiger charge is -2.51. The van der Waals surface area contributed by atoms with Gasteiger partial charge >= 0.3 is 34.2 Å². The molecular weight excluding hydrogens is 673 g/mol. The Labute approximate surface area is 294 Å². The highest BCUT2D eigenvalue weighted by Gasteiger charge is 2.59. The molecule has 0 radical (unpaired) electrons. The van der Waals surface area contributed by atoms with Crippen LogP contribution in [0.5, 0.6) is 0 Å². The van der Waals surface area contributed by atoms with Gasteiger partial charge in [0.15, 0.2) is 0 Å². The Morgan fingerprint density at radius 2 is 0.646 bits per heavy atom. The number of rotatable bonds is 12. The first kappa shape index (κ1) is 34.3. The summed E-state index contributed by atoms with van der Waals surface area (Å²) in [6.45, 7) is 9.16. The van der Waals surface area contributed by atoms with Crippen LogP contribution in [-0.4, -0.2) is 83.1 Å². The van der Waals surface area contributed by atoms with E-state index in [1.54, 1.807) is 0 Å². The number of ether oxygens (including phenoxy) is 4. The summed E-state index contributed by atoms with van der Waals surface area (Å²) in [5.41, 5.74) is 0. The first-order valence-electron chi connectivity index (χ1n) is 20.4. The fourth-order valence-corrected chi connectivity index (χ4v) is 35.2. The minimum Gasteiger partial charge on any atom is -0.416 e. The lowest BCUT2D eigenvalue weighted by molar-refractivity contribution is 0.209. The molecule has 12 unspecified atom stereocenters. The number of hydrogen-bond acceptors (Lipinski definition) is 8. The summed E-state index contributed by atoms with van der Waals surface area (Å²) in [5.74, 6) is 2.90. The Kier molecular flexibility index (Phi) is 9.40. The largest absolute Gasteiger partial charge is 0.416 e. The number of hydrogen-bond donors (Lipinski definition) is 0. The van der Waals surface area contributed by atoms with Crippen molar-refractivity contribution in [2.24, 2.45) is 23.7 Å². The number of epoxide rings is 4. The van der Waals surface area contributed by atoms with Gasteiger partial charge in [0, 0.05) is 0 Å². The Morgan fingerprint density at radius 3 is 0.917 bits per heavy atom. The van der Waals surface area contributed by atoms with Crippen LogP contribution in [0.3, 0.4) is 0 Å². The average molecular weight is 737 g/mol. The van der Waals surface area contributed by atoms with E-state index in [2.05, 4.69) is 26.2 Å². The third-order valence-electron chi connectivity index (χ3n) is 13.9. The maximum absolute atomic E-state index is 8.15. The molecule has 0 bridgehead atoms. The average Bonchev–Trinajstić information content (AvgIpc) is 3.85. The second kappa shape index (κ2) is 13.1. The van der Waals surface area contributed by atoms with E-state index in [4.69, 9.17) is 35.4 Å². The predicted molar refractivity (Wildman–Crippen MR) is 193 cm³/mol. The van der Waals surface area contributed by atoms with E-state index >= 15 is 0 Å². The molecule has 12 atom stereocenters. The van der Waals surface area contributed by atoms with Crippen LogP contribution in [0.1, 0.15) is 103 Å². The van der Waals surface area contributed by atoms with E-state index in [0.29, 0.717) is 48.8 Å². The van der Waals surface area contributed by atoms with Crippen molar-refractivity contribution in [3.05, 3.63) is 0 Å². The molecule has 9 fully saturated rings. The minimum absolute atomic E-state index is 0.517. The molecule has 9 aliphatic rings. The normalized spacial score (nSPS) is 51.2. The fourth-order valence-electron chi connectivity index (χ4n) is 11.3. The summed E-state index contributed by atoms with van der Waals surface area (Å²) >= 11 is 0. The molecule has 0 aromatic heterocycles. The first-order valence-corrected chi connectivity index (χ1v) is 30.5. The SMILES string of the molecule is C[Si]1(C)O[Si](C)(C)O[Si](CCC2CCC3OC3C2)(CCC2CCC3OC3C2)O[Si](CCC2CCC3OC3C2)(CCC2CCC3OC3C2)O1. The molecule has 5 aliphatic heterocycles. The van der Waals surface area contributed by atoms with E-state index in [-0.39, 0.29) is 0 Å². The maximum Gasteiger partial charge on any atom is 0.320 e. The molecule has 272 valence electrons. The summed E-state index contributed by atoms with van der Waals surface area (Å²) in [7, 11) is -10.4. The molecule has 8 nitrogen and oxygen atoms in total. The Bertz CT molecular complexity index is 1020. The quantitative estimate of drug-likeness (QED) is 0.147. The summed E-state index contributed by atoms with van der Waals surface area (Å²) in [6, 6.07) is 4.36. The summed E-state index contributed by atoms with van der Waals surface area (Å²) in [4.78, 5) is 0. The van der Waals surface area contributed by atoms with E-state index in [0.717, 1.165) is 47.8 Å². The van der Waals surface area contributed by atoms with Crippen molar-refractivity contribution in [1.82, 2.24) is 0 Å². The van der Waals surface area contributed by atoms with Gasteiger partial charge in [-0.1, -0.05) is 0 Å². The van der Waals surface area contributed by atoms with Crippen LogP contribution < -0.4 is 0 Å². The van der Waals surface area contributed by atoms with Gasteiger partial charge in [0.2, 0.25) is 0 Å². The Balaban J connectivity index is 0.999. The van der Waals surface area contributed by atoms with Gasteiger partial charge in [-0.2, -0.15) is 0 Å². The van der Waals surface area contributed by atoms with Gasteiger partial charge in [-0.15, -0.1) is 0 Å². The van der Waals surface area contributed by atoms with E-state index in [1.165, 1.54) is 103 Å². The predicted octanol–water partition coefficient (Wildman–Crippen LogP) is 8.18. The Hall–Kier alpha value is 0.548. The van der Waals surface area contributed by atoms with Crippen LogP contribution in [0.15, 0.2) is 0 Å². The van der Waals surface area contributed by atoms with Crippen molar-refractivity contribution in [3.8, 4) is 0 Å². The van der Waals surface area contributed by atoms with Crippen molar-refractivity contribution in [2.75, 3.05) is 0 Å². The molecule has 0 N–H and O–H groups in total. The van der Waals surface area contributed by atoms with Crippen molar-refractivity contribution in [1.29, 1.82) is 0 Å². The van der Waals surface area contributed by atoms with Gasteiger partial charge in [-0.25, -0.2) is 0 Å². The molecule has 4 aliphatic carbocycles. The molecule has 5 saturated heterocycles. The van der Waals surface area contributed by atoms with Crippen LogP contribution in [0, 0.1) is 23.7 Å². The van der Waals surface area contributed by atoms with Crippen molar-refractivity contribution >= 4 is 34.2 Å².